The third-order valence-corrected chi connectivity index (χ3v) is 2.89. The summed E-state index contributed by atoms with van der Waals surface area (Å²) in [5.41, 5.74) is -1.52. The van der Waals surface area contributed by atoms with Crippen LogP contribution in [0.3, 0.4) is 0 Å². The molecule has 0 saturated carbocycles. The van der Waals surface area contributed by atoms with Crippen molar-refractivity contribution in [3.8, 4) is 0 Å². The van der Waals surface area contributed by atoms with Gasteiger partial charge in [-0.05, 0) is 20.3 Å². The van der Waals surface area contributed by atoms with E-state index in [4.69, 9.17) is 9.47 Å². The molecule has 0 aliphatic carbocycles. The van der Waals surface area contributed by atoms with E-state index in [0.29, 0.717) is 12.8 Å². The maximum Gasteiger partial charge on any atom is 0.293 e. The van der Waals surface area contributed by atoms with Gasteiger partial charge in [0.1, 0.15) is 19.3 Å². The van der Waals surface area contributed by atoms with E-state index in [2.05, 4.69) is 0 Å². The number of aliphatic hydroxyl groups excluding tert-OH is 1. The summed E-state index contributed by atoms with van der Waals surface area (Å²) in [6.07, 6.45) is 0.0115. The molecule has 1 unspecified atom stereocenters. The summed E-state index contributed by atoms with van der Waals surface area (Å²) in [4.78, 5) is 10.6. The Labute approximate surface area is 94.7 Å². The molecule has 1 aliphatic heterocycles. The molecule has 0 aromatic heterocycles. The van der Waals surface area contributed by atoms with Gasteiger partial charge in [-0.15, -0.1) is 0 Å². The fourth-order valence-electron chi connectivity index (χ4n) is 1.64. The van der Waals surface area contributed by atoms with E-state index < -0.39 is 22.4 Å². The molecule has 6 heteroatoms. The highest BCUT2D eigenvalue weighted by molar-refractivity contribution is 4.90. The minimum Gasteiger partial charge on any atom is -0.385 e. The second kappa shape index (κ2) is 4.65. The average Bonchev–Trinajstić information content (AvgIpc) is 2.18. The molecule has 1 atom stereocenters. The number of nitrogens with zero attached hydrogens (tertiary/aromatic N) is 1. The van der Waals surface area contributed by atoms with Crippen molar-refractivity contribution in [1.82, 2.24) is 0 Å². The van der Waals surface area contributed by atoms with Crippen molar-refractivity contribution in [3.63, 3.8) is 0 Å². The van der Waals surface area contributed by atoms with Crippen molar-refractivity contribution in [2.75, 3.05) is 13.2 Å². The van der Waals surface area contributed by atoms with E-state index in [1.165, 1.54) is 0 Å². The van der Waals surface area contributed by atoms with Crippen molar-refractivity contribution in [2.45, 2.75) is 51.0 Å². The molecule has 1 rings (SSSR count). The Morgan fingerprint density at radius 3 is 2.31 bits per heavy atom. The Bertz CT molecular complexity index is 256. The van der Waals surface area contributed by atoms with Gasteiger partial charge in [0, 0.05) is 4.92 Å². The number of nitro groups is 1. The third kappa shape index (κ3) is 2.50. The summed E-state index contributed by atoms with van der Waals surface area (Å²) in [7, 11) is 0. The van der Waals surface area contributed by atoms with Gasteiger partial charge in [0.2, 0.25) is 0 Å². The second-order valence-electron chi connectivity index (χ2n) is 4.64. The minimum absolute atomic E-state index is 0.117. The van der Waals surface area contributed by atoms with Crippen LogP contribution < -0.4 is 0 Å². The fraction of sp³-hybridized carbons (Fsp3) is 1.00. The number of ether oxygens (including phenoxy) is 2. The van der Waals surface area contributed by atoms with Crippen LogP contribution in [0.4, 0.5) is 0 Å². The molecule has 0 aromatic carbocycles. The zero-order chi connectivity index (χ0) is 12.4. The van der Waals surface area contributed by atoms with Gasteiger partial charge in [-0.3, -0.25) is 10.1 Å². The van der Waals surface area contributed by atoms with Crippen LogP contribution in [0.25, 0.3) is 0 Å². The second-order valence-corrected chi connectivity index (χ2v) is 4.64. The van der Waals surface area contributed by atoms with Gasteiger partial charge in [0.05, 0.1) is 0 Å². The monoisotopic (exact) mass is 233 g/mol. The summed E-state index contributed by atoms with van der Waals surface area (Å²) in [5, 5.41) is 21.0. The normalized spacial score (nSPS) is 25.0. The van der Waals surface area contributed by atoms with E-state index in [1.54, 1.807) is 13.8 Å². The fourth-order valence-corrected chi connectivity index (χ4v) is 1.64. The standard InChI is InChI=1S/C10H19NO5/c1-4-5-8(12)10(11(13)14)6-15-9(2,3)16-7-10/h8,12H,4-7H2,1-3H3. The summed E-state index contributed by atoms with van der Waals surface area (Å²) < 4.78 is 10.6. The van der Waals surface area contributed by atoms with Crippen LogP contribution in [0.2, 0.25) is 0 Å². The lowest BCUT2D eigenvalue weighted by Crippen LogP contribution is -2.62. The number of hydrogen-bond donors (Lipinski definition) is 1. The molecule has 0 radical (unpaired) electrons. The molecular weight excluding hydrogens is 214 g/mol. The maximum atomic E-state index is 11.1. The molecule has 1 fully saturated rings. The summed E-state index contributed by atoms with van der Waals surface area (Å²) in [5.74, 6) is -0.814. The minimum atomic E-state index is -1.52. The van der Waals surface area contributed by atoms with Gasteiger partial charge in [-0.25, -0.2) is 0 Å². The van der Waals surface area contributed by atoms with Crippen LogP contribution in [0.1, 0.15) is 33.6 Å². The first kappa shape index (κ1) is 13.3. The lowest BCUT2D eigenvalue weighted by molar-refractivity contribution is -0.608. The van der Waals surface area contributed by atoms with Gasteiger partial charge >= 0.3 is 0 Å². The average molecular weight is 233 g/mol. The van der Waals surface area contributed by atoms with E-state index in [0.717, 1.165) is 0 Å². The van der Waals surface area contributed by atoms with Crippen molar-refractivity contribution >= 4 is 0 Å². The Kier molecular flexibility index (Phi) is 3.88. The zero-order valence-corrected chi connectivity index (χ0v) is 9.93. The Morgan fingerprint density at radius 1 is 1.44 bits per heavy atom. The molecular formula is C10H19NO5. The molecule has 0 bridgehead atoms. The third-order valence-electron chi connectivity index (χ3n) is 2.89. The largest absolute Gasteiger partial charge is 0.385 e. The highest BCUT2D eigenvalue weighted by atomic mass is 16.7. The Morgan fingerprint density at radius 2 is 1.94 bits per heavy atom. The molecule has 1 heterocycles. The summed E-state index contributed by atoms with van der Waals surface area (Å²) in [6.45, 7) is 5.03. The number of hydrogen-bond acceptors (Lipinski definition) is 5. The first-order chi connectivity index (χ1) is 7.34. The maximum absolute atomic E-state index is 11.1. The lowest BCUT2D eigenvalue weighted by atomic mass is 9.90. The first-order valence-corrected chi connectivity index (χ1v) is 5.44. The van der Waals surface area contributed by atoms with Crippen LogP contribution in [-0.4, -0.2) is 40.7 Å². The van der Waals surface area contributed by atoms with Gasteiger partial charge in [-0.1, -0.05) is 13.3 Å². The van der Waals surface area contributed by atoms with E-state index in [9.17, 15) is 15.2 Å². The summed E-state index contributed by atoms with van der Waals surface area (Å²) >= 11 is 0. The van der Waals surface area contributed by atoms with Crippen molar-refractivity contribution < 1.29 is 19.5 Å². The predicted molar refractivity (Wildman–Crippen MR) is 56.6 cm³/mol. The number of rotatable bonds is 4. The van der Waals surface area contributed by atoms with E-state index in [-0.39, 0.29) is 13.2 Å². The highest BCUT2D eigenvalue weighted by Gasteiger charge is 2.55. The summed E-state index contributed by atoms with van der Waals surface area (Å²) in [6, 6.07) is 0. The molecule has 1 saturated heterocycles. The quantitative estimate of drug-likeness (QED) is 0.577. The highest BCUT2D eigenvalue weighted by Crippen LogP contribution is 2.29. The molecule has 16 heavy (non-hydrogen) atoms. The van der Waals surface area contributed by atoms with Crippen LogP contribution >= 0.6 is 0 Å². The Hall–Kier alpha value is -0.720. The van der Waals surface area contributed by atoms with Gasteiger partial charge < -0.3 is 14.6 Å². The molecule has 6 nitrogen and oxygen atoms in total. The van der Waals surface area contributed by atoms with E-state index >= 15 is 0 Å². The smallest absolute Gasteiger partial charge is 0.293 e. The van der Waals surface area contributed by atoms with Crippen LogP contribution in [0.5, 0.6) is 0 Å². The van der Waals surface area contributed by atoms with Crippen molar-refractivity contribution in [1.29, 1.82) is 0 Å². The van der Waals surface area contributed by atoms with Crippen molar-refractivity contribution in [2.24, 2.45) is 0 Å². The van der Waals surface area contributed by atoms with Gasteiger partial charge in [0.15, 0.2) is 5.79 Å². The van der Waals surface area contributed by atoms with Crippen LogP contribution in [0.15, 0.2) is 0 Å². The van der Waals surface area contributed by atoms with Crippen LogP contribution in [0, 0.1) is 10.1 Å². The van der Waals surface area contributed by atoms with Crippen molar-refractivity contribution in [3.05, 3.63) is 10.1 Å². The van der Waals surface area contributed by atoms with E-state index in [1.807, 2.05) is 6.92 Å². The first-order valence-electron chi connectivity index (χ1n) is 5.44. The molecule has 94 valence electrons. The molecule has 1 aliphatic rings. The van der Waals surface area contributed by atoms with Gasteiger partial charge in [-0.2, -0.15) is 0 Å². The molecule has 1 N–H and O–H groups in total. The SMILES string of the molecule is CCCC(O)C1([N+](=O)[O-])COC(C)(C)OC1. The number of aliphatic hydroxyl groups is 1. The zero-order valence-electron chi connectivity index (χ0n) is 9.93. The molecule has 0 amide bonds. The Balaban J connectivity index is 2.80. The van der Waals surface area contributed by atoms with Crippen LogP contribution in [-0.2, 0) is 9.47 Å². The topological polar surface area (TPSA) is 81.8 Å². The molecule has 0 spiro atoms. The van der Waals surface area contributed by atoms with Gasteiger partial charge in [0.25, 0.3) is 5.54 Å². The lowest BCUT2D eigenvalue weighted by Gasteiger charge is -2.39. The predicted octanol–water partition coefficient (Wildman–Crippen LogP) is 0.946. The molecule has 0 aromatic rings.